The maximum absolute atomic E-state index is 11.0. The number of hydrogen-bond acceptors (Lipinski definition) is 2. The molecular formula is C9H8BrIO2. The van der Waals surface area contributed by atoms with Gasteiger partial charge < -0.3 is 5.11 Å². The van der Waals surface area contributed by atoms with Crippen LogP contribution in [0.2, 0.25) is 0 Å². The number of carbonyl (C=O) groups is 1. The van der Waals surface area contributed by atoms with E-state index in [0.717, 1.165) is 9.13 Å². The summed E-state index contributed by atoms with van der Waals surface area (Å²) in [4.78, 5) is 10.7. The van der Waals surface area contributed by atoms with Gasteiger partial charge in [-0.3, -0.25) is 4.79 Å². The summed E-state index contributed by atoms with van der Waals surface area (Å²) in [5.41, 5.74) is 0.789. The minimum Gasteiger partial charge on any atom is -0.508 e. The fraction of sp³-hybridized carbons (Fsp3) is 0.222. The number of rotatable bonds is 2. The Morgan fingerprint density at radius 1 is 1.54 bits per heavy atom. The number of aromatic hydroxyl groups is 1. The SMILES string of the molecule is CC(=O)C(Br)c1cc(O)cc(I)c1. The number of ketones is 1. The van der Waals surface area contributed by atoms with Crippen LogP contribution >= 0.6 is 38.5 Å². The third-order valence-electron chi connectivity index (χ3n) is 1.55. The van der Waals surface area contributed by atoms with Crippen LogP contribution in [0.3, 0.4) is 0 Å². The van der Waals surface area contributed by atoms with Gasteiger partial charge in [0, 0.05) is 3.57 Å². The van der Waals surface area contributed by atoms with Gasteiger partial charge in [0.25, 0.3) is 0 Å². The predicted octanol–water partition coefficient (Wildman–Crippen LogP) is 3.02. The van der Waals surface area contributed by atoms with Crippen molar-refractivity contribution in [3.63, 3.8) is 0 Å². The van der Waals surface area contributed by atoms with Crippen molar-refractivity contribution in [3.8, 4) is 5.75 Å². The third kappa shape index (κ3) is 2.95. The zero-order valence-corrected chi connectivity index (χ0v) is 10.7. The van der Waals surface area contributed by atoms with Crippen molar-refractivity contribution < 1.29 is 9.90 Å². The number of phenolic OH excluding ortho intramolecular Hbond substituents is 1. The molecule has 1 N–H and O–H groups in total. The maximum atomic E-state index is 11.0. The Bertz CT molecular complexity index is 318. The molecule has 0 spiro atoms. The maximum Gasteiger partial charge on any atom is 0.147 e. The molecule has 1 atom stereocenters. The van der Waals surface area contributed by atoms with Gasteiger partial charge in [-0.1, -0.05) is 15.9 Å². The van der Waals surface area contributed by atoms with E-state index in [0.29, 0.717) is 0 Å². The van der Waals surface area contributed by atoms with E-state index in [-0.39, 0.29) is 16.4 Å². The van der Waals surface area contributed by atoms with Crippen molar-refractivity contribution >= 4 is 44.3 Å². The van der Waals surface area contributed by atoms with Gasteiger partial charge >= 0.3 is 0 Å². The standard InChI is InChI=1S/C9H8BrIO2/c1-5(12)9(10)6-2-7(11)4-8(13)3-6/h2-4,9,13H,1H3. The van der Waals surface area contributed by atoms with Crippen LogP contribution < -0.4 is 0 Å². The molecule has 0 aliphatic rings. The van der Waals surface area contributed by atoms with Gasteiger partial charge in [-0.05, 0) is 53.3 Å². The predicted molar refractivity (Wildman–Crippen MR) is 63.2 cm³/mol. The van der Waals surface area contributed by atoms with Gasteiger partial charge in [0.15, 0.2) is 0 Å². The number of halogens is 2. The summed E-state index contributed by atoms with van der Waals surface area (Å²) < 4.78 is 0.915. The normalized spacial score (nSPS) is 12.5. The number of hydrogen-bond donors (Lipinski definition) is 1. The highest BCUT2D eigenvalue weighted by Crippen LogP contribution is 2.28. The Hall–Kier alpha value is -0.100. The van der Waals surface area contributed by atoms with E-state index in [4.69, 9.17) is 0 Å². The van der Waals surface area contributed by atoms with Gasteiger partial charge in [-0.15, -0.1) is 0 Å². The Morgan fingerprint density at radius 3 is 2.62 bits per heavy atom. The van der Waals surface area contributed by atoms with Crippen molar-refractivity contribution in [2.45, 2.75) is 11.8 Å². The van der Waals surface area contributed by atoms with Crippen molar-refractivity contribution in [1.29, 1.82) is 0 Å². The minimum atomic E-state index is -0.326. The number of carbonyl (C=O) groups excluding carboxylic acids is 1. The first-order valence-corrected chi connectivity index (χ1v) is 5.64. The molecule has 0 saturated carbocycles. The molecule has 1 aromatic rings. The summed E-state index contributed by atoms with van der Waals surface area (Å²) in [5, 5.41) is 9.29. The summed E-state index contributed by atoms with van der Waals surface area (Å²) in [6.45, 7) is 1.51. The molecule has 0 fully saturated rings. The second-order valence-electron chi connectivity index (χ2n) is 2.72. The van der Waals surface area contributed by atoms with Crippen LogP contribution in [-0.2, 0) is 4.79 Å². The lowest BCUT2D eigenvalue weighted by molar-refractivity contribution is -0.116. The molecule has 0 aliphatic carbocycles. The van der Waals surface area contributed by atoms with E-state index < -0.39 is 0 Å². The van der Waals surface area contributed by atoms with Crippen LogP contribution in [0.4, 0.5) is 0 Å². The first kappa shape index (κ1) is 11.0. The summed E-state index contributed by atoms with van der Waals surface area (Å²) in [6.07, 6.45) is 0. The Kier molecular flexibility index (Phi) is 3.73. The lowest BCUT2D eigenvalue weighted by Gasteiger charge is -2.07. The number of Topliss-reactive ketones (excluding diaryl/α,β-unsaturated/α-hetero) is 1. The Balaban J connectivity index is 3.07. The molecule has 0 aliphatic heterocycles. The highest BCUT2D eigenvalue weighted by molar-refractivity contribution is 14.1. The van der Waals surface area contributed by atoms with E-state index in [2.05, 4.69) is 38.5 Å². The first-order chi connectivity index (χ1) is 6.00. The Morgan fingerprint density at radius 2 is 2.15 bits per heavy atom. The summed E-state index contributed by atoms with van der Waals surface area (Å²) in [6, 6.07) is 5.09. The van der Waals surface area contributed by atoms with E-state index in [9.17, 15) is 9.90 Å². The van der Waals surface area contributed by atoms with Gasteiger partial charge in [0.05, 0.1) is 4.83 Å². The molecule has 0 radical (unpaired) electrons. The fourth-order valence-electron chi connectivity index (χ4n) is 0.977. The van der Waals surface area contributed by atoms with Crippen LogP contribution in [0.15, 0.2) is 18.2 Å². The highest BCUT2D eigenvalue weighted by Gasteiger charge is 2.13. The average molecular weight is 355 g/mol. The van der Waals surface area contributed by atoms with Crippen LogP contribution in [0.1, 0.15) is 17.3 Å². The number of alkyl halides is 1. The zero-order valence-electron chi connectivity index (χ0n) is 6.92. The van der Waals surface area contributed by atoms with Crippen LogP contribution in [0.25, 0.3) is 0 Å². The first-order valence-electron chi connectivity index (χ1n) is 3.64. The quantitative estimate of drug-likeness (QED) is 0.654. The minimum absolute atomic E-state index is 0.0291. The summed E-state index contributed by atoms with van der Waals surface area (Å²) >= 11 is 5.35. The van der Waals surface area contributed by atoms with Crippen LogP contribution in [0.5, 0.6) is 5.75 Å². The molecule has 4 heteroatoms. The zero-order chi connectivity index (χ0) is 10.0. The second-order valence-corrected chi connectivity index (χ2v) is 4.88. The van der Waals surface area contributed by atoms with Gasteiger partial charge in [0.2, 0.25) is 0 Å². The smallest absolute Gasteiger partial charge is 0.147 e. The van der Waals surface area contributed by atoms with Gasteiger partial charge in [0.1, 0.15) is 11.5 Å². The molecule has 0 saturated heterocycles. The molecule has 0 heterocycles. The monoisotopic (exact) mass is 354 g/mol. The molecule has 1 aromatic carbocycles. The molecule has 0 aromatic heterocycles. The van der Waals surface area contributed by atoms with Crippen LogP contribution in [-0.4, -0.2) is 10.9 Å². The van der Waals surface area contributed by atoms with Crippen molar-refractivity contribution in [3.05, 3.63) is 27.3 Å². The summed E-state index contributed by atoms with van der Waals surface area (Å²) in [7, 11) is 0. The molecule has 1 unspecified atom stereocenters. The van der Waals surface area contributed by atoms with E-state index in [1.54, 1.807) is 12.1 Å². The van der Waals surface area contributed by atoms with E-state index in [1.807, 2.05) is 6.07 Å². The molecule has 70 valence electrons. The second kappa shape index (κ2) is 4.41. The largest absolute Gasteiger partial charge is 0.508 e. The summed E-state index contributed by atoms with van der Waals surface area (Å²) in [5.74, 6) is 0.217. The lowest BCUT2D eigenvalue weighted by Crippen LogP contribution is -2.00. The molecule has 0 bridgehead atoms. The van der Waals surface area contributed by atoms with Crippen molar-refractivity contribution in [2.75, 3.05) is 0 Å². The molecule has 13 heavy (non-hydrogen) atoms. The number of phenols is 1. The lowest BCUT2D eigenvalue weighted by atomic mass is 10.1. The van der Waals surface area contributed by atoms with E-state index in [1.165, 1.54) is 6.92 Å². The third-order valence-corrected chi connectivity index (χ3v) is 3.35. The fourth-order valence-corrected chi connectivity index (χ4v) is 1.92. The molecule has 2 nitrogen and oxygen atoms in total. The van der Waals surface area contributed by atoms with Gasteiger partial charge in [-0.2, -0.15) is 0 Å². The van der Waals surface area contributed by atoms with Gasteiger partial charge in [-0.25, -0.2) is 0 Å². The number of benzene rings is 1. The Labute approximate surface area is 98.6 Å². The topological polar surface area (TPSA) is 37.3 Å². The van der Waals surface area contributed by atoms with E-state index >= 15 is 0 Å². The molecular weight excluding hydrogens is 347 g/mol. The molecule has 1 rings (SSSR count). The van der Waals surface area contributed by atoms with Crippen molar-refractivity contribution in [2.24, 2.45) is 0 Å². The average Bonchev–Trinajstić information content (AvgIpc) is 2.01. The molecule has 0 amide bonds. The van der Waals surface area contributed by atoms with Crippen molar-refractivity contribution in [1.82, 2.24) is 0 Å². The van der Waals surface area contributed by atoms with Crippen LogP contribution in [0, 0.1) is 3.57 Å². The highest BCUT2D eigenvalue weighted by atomic mass is 127.